The second-order valence-electron chi connectivity index (χ2n) is 6.04. The molecule has 23 heavy (non-hydrogen) atoms. The Balaban J connectivity index is 1.77. The normalized spacial score (nSPS) is 23.7. The molecule has 2 heterocycles. The topological polar surface area (TPSA) is 78.5 Å². The van der Waals surface area contributed by atoms with Crippen LogP contribution < -0.4 is 0 Å². The van der Waals surface area contributed by atoms with Crippen LogP contribution in [0, 0.1) is 0 Å². The van der Waals surface area contributed by atoms with Gasteiger partial charge in [-0.25, -0.2) is 4.98 Å². The fourth-order valence-corrected chi connectivity index (χ4v) is 4.37. The van der Waals surface area contributed by atoms with Crippen LogP contribution in [-0.4, -0.2) is 59.3 Å². The van der Waals surface area contributed by atoms with Gasteiger partial charge in [-0.1, -0.05) is 12.1 Å². The lowest BCUT2D eigenvalue weighted by Gasteiger charge is -2.36. The minimum atomic E-state index is -3.54. The van der Waals surface area contributed by atoms with Crippen LogP contribution in [0.25, 0.3) is 11.0 Å². The minimum absolute atomic E-state index is 0.104. The Kier molecular flexibility index (Phi) is 4.41. The van der Waals surface area contributed by atoms with Crippen LogP contribution in [0.15, 0.2) is 24.3 Å². The molecule has 0 aliphatic carbocycles. The Morgan fingerprint density at radius 3 is 2.61 bits per heavy atom. The molecule has 0 bridgehead atoms. The van der Waals surface area contributed by atoms with Crippen LogP contribution in [-0.2, 0) is 21.5 Å². The Morgan fingerprint density at radius 2 is 1.96 bits per heavy atom. The van der Waals surface area contributed by atoms with Gasteiger partial charge < -0.3 is 9.72 Å². The van der Waals surface area contributed by atoms with Gasteiger partial charge in [-0.2, -0.15) is 17.0 Å². The molecule has 2 atom stereocenters. The fourth-order valence-electron chi connectivity index (χ4n) is 2.89. The Morgan fingerprint density at radius 1 is 1.30 bits per heavy atom. The largest absolute Gasteiger partial charge is 0.373 e. The van der Waals surface area contributed by atoms with Crippen molar-refractivity contribution in [3.8, 4) is 0 Å². The van der Waals surface area contributed by atoms with Gasteiger partial charge in [0.15, 0.2) is 0 Å². The summed E-state index contributed by atoms with van der Waals surface area (Å²) in [7, 11) is -1.96. The van der Waals surface area contributed by atoms with Crippen LogP contribution in [0.2, 0.25) is 0 Å². The maximum absolute atomic E-state index is 12.8. The number of fused-ring (bicyclic) bond motifs is 1. The average Bonchev–Trinajstić information content (AvgIpc) is 2.88. The summed E-state index contributed by atoms with van der Waals surface area (Å²) in [4.78, 5) is 7.59. The van der Waals surface area contributed by atoms with E-state index in [2.05, 4.69) is 9.97 Å². The number of para-hydroxylation sites is 2. The van der Waals surface area contributed by atoms with E-state index in [1.807, 2.05) is 38.1 Å². The van der Waals surface area contributed by atoms with E-state index in [1.54, 1.807) is 7.05 Å². The maximum atomic E-state index is 12.8. The molecule has 0 amide bonds. The molecule has 1 aromatic carbocycles. The van der Waals surface area contributed by atoms with Crippen molar-refractivity contribution in [3.05, 3.63) is 30.1 Å². The molecule has 1 aliphatic rings. The maximum Gasteiger partial charge on any atom is 0.282 e. The molecule has 1 aromatic heterocycles. The number of benzene rings is 1. The number of imidazole rings is 1. The van der Waals surface area contributed by atoms with Crippen LogP contribution in [0.3, 0.4) is 0 Å². The highest BCUT2D eigenvalue weighted by Crippen LogP contribution is 2.18. The smallest absolute Gasteiger partial charge is 0.282 e. The van der Waals surface area contributed by atoms with Crippen molar-refractivity contribution in [2.45, 2.75) is 32.6 Å². The van der Waals surface area contributed by atoms with E-state index in [0.29, 0.717) is 18.9 Å². The number of ether oxygens (including phenoxy) is 1. The molecule has 126 valence electrons. The minimum Gasteiger partial charge on any atom is -0.373 e. The Bertz CT molecular complexity index is 746. The van der Waals surface area contributed by atoms with Crippen molar-refractivity contribution < 1.29 is 13.2 Å². The van der Waals surface area contributed by atoms with Gasteiger partial charge in [0, 0.05) is 20.1 Å². The predicted molar refractivity (Wildman–Crippen MR) is 88.1 cm³/mol. The first-order chi connectivity index (χ1) is 10.9. The van der Waals surface area contributed by atoms with Gasteiger partial charge in [0.25, 0.3) is 10.2 Å². The molecule has 1 saturated heterocycles. The quantitative estimate of drug-likeness (QED) is 0.913. The van der Waals surface area contributed by atoms with Crippen molar-refractivity contribution in [1.29, 1.82) is 0 Å². The molecule has 0 radical (unpaired) electrons. The van der Waals surface area contributed by atoms with Gasteiger partial charge in [-0.15, -0.1) is 0 Å². The third-order valence-electron chi connectivity index (χ3n) is 3.92. The van der Waals surface area contributed by atoms with Crippen LogP contribution in [0.1, 0.15) is 19.7 Å². The number of hydrogen-bond donors (Lipinski definition) is 1. The molecule has 0 saturated carbocycles. The van der Waals surface area contributed by atoms with Crippen molar-refractivity contribution in [1.82, 2.24) is 18.6 Å². The number of aromatic amines is 1. The molecule has 3 rings (SSSR count). The van der Waals surface area contributed by atoms with Crippen LogP contribution >= 0.6 is 0 Å². The van der Waals surface area contributed by atoms with Gasteiger partial charge in [-0.3, -0.25) is 0 Å². The van der Waals surface area contributed by atoms with Crippen molar-refractivity contribution in [2.24, 2.45) is 0 Å². The van der Waals surface area contributed by atoms with E-state index < -0.39 is 10.2 Å². The summed E-state index contributed by atoms with van der Waals surface area (Å²) < 4.78 is 33.9. The number of morpholine rings is 1. The summed E-state index contributed by atoms with van der Waals surface area (Å²) in [6.07, 6.45) is -0.207. The van der Waals surface area contributed by atoms with Crippen LogP contribution in [0.5, 0.6) is 0 Å². The van der Waals surface area contributed by atoms with E-state index >= 15 is 0 Å². The third kappa shape index (κ3) is 3.40. The van der Waals surface area contributed by atoms with Gasteiger partial charge in [0.1, 0.15) is 5.82 Å². The molecule has 0 spiro atoms. The van der Waals surface area contributed by atoms with E-state index in [-0.39, 0.29) is 18.8 Å². The number of nitrogens with zero attached hydrogens (tertiary/aromatic N) is 3. The first-order valence-corrected chi connectivity index (χ1v) is 9.06. The Hall–Kier alpha value is -1.48. The molecule has 2 aromatic rings. The molecule has 1 N–H and O–H groups in total. The van der Waals surface area contributed by atoms with Crippen molar-refractivity contribution >= 4 is 21.2 Å². The van der Waals surface area contributed by atoms with Gasteiger partial charge in [0.05, 0.1) is 29.8 Å². The summed E-state index contributed by atoms with van der Waals surface area (Å²) in [5.41, 5.74) is 1.74. The lowest BCUT2D eigenvalue weighted by atomic mass is 10.3. The number of H-pyrrole nitrogens is 1. The van der Waals surface area contributed by atoms with E-state index in [1.165, 1.54) is 8.61 Å². The van der Waals surface area contributed by atoms with Crippen molar-refractivity contribution in [3.63, 3.8) is 0 Å². The second-order valence-corrected chi connectivity index (χ2v) is 8.07. The summed E-state index contributed by atoms with van der Waals surface area (Å²) in [5.74, 6) is 0.631. The lowest BCUT2D eigenvalue weighted by Crippen LogP contribution is -2.52. The first kappa shape index (κ1) is 16.4. The van der Waals surface area contributed by atoms with Crippen molar-refractivity contribution in [2.75, 3.05) is 20.1 Å². The number of rotatable bonds is 4. The average molecular weight is 338 g/mol. The zero-order valence-electron chi connectivity index (χ0n) is 13.6. The highest BCUT2D eigenvalue weighted by Gasteiger charge is 2.34. The summed E-state index contributed by atoms with van der Waals surface area (Å²) in [6, 6.07) is 7.64. The number of aromatic nitrogens is 2. The summed E-state index contributed by atoms with van der Waals surface area (Å²) >= 11 is 0. The summed E-state index contributed by atoms with van der Waals surface area (Å²) in [5, 5.41) is 0. The highest BCUT2D eigenvalue weighted by atomic mass is 32.2. The fraction of sp³-hybridized carbons (Fsp3) is 0.533. The zero-order valence-corrected chi connectivity index (χ0v) is 14.4. The molecule has 1 aliphatic heterocycles. The van der Waals surface area contributed by atoms with Gasteiger partial charge in [-0.05, 0) is 26.0 Å². The lowest BCUT2D eigenvalue weighted by molar-refractivity contribution is -0.0453. The monoisotopic (exact) mass is 338 g/mol. The predicted octanol–water partition coefficient (Wildman–Crippen LogP) is 1.35. The molecule has 7 nitrogen and oxygen atoms in total. The third-order valence-corrected chi connectivity index (χ3v) is 5.78. The molecular formula is C15H22N4O3S. The highest BCUT2D eigenvalue weighted by molar-refractivity contribution is 7.86. The van der Waals surface area contributed by atoms with Crippen LogP contribution in [0.4, 0.5) is 0 Å². The first-order valence-electron chi connectivity index (χ1n) is 7.67. The molecule has 8 heteroatoms. The number of nitrogens with one attached hydrogen (secondary N) is 1. The van der Waals surface area contributed by atoms with E-state index in [9.17, 15) is 8.42 Å². The molecule has 1 fully saturated rings. The van der Waals surface area contributed by atoms with E-state index in [0.717, 1.165) is 11.0 Å². The summed E-state index contributed by atoms with van der Waals surface area (Å²) in [6.45, 7) is 4.72. The van der Waals surface area contributed by atoms with Gasteiger partial charge in [0.2, 0.25) is 0 Å². The van der Waals surface area contributed by atoms with Gasteiger partial charge >= 0.3 is 0 Å². The SMILES string of the molecule is C[C@H]1CN(S(=O)(=O)N(C)Cc2nc3ccccc3[nH]2)C[C@H](C)O1. The Labute approximate surface area is 136 Å². The van der Waals surface area contributed by atoms with E-state index in [4.69, 9.17) is 4.74 Å². The zero-order chi connectivity index (χ0) is 16.6. The molecule has 0 unspecified atom stereocenters. The second kappa shape index (κ2) is 6.20. The number of hydrogen-bond acceptors (Lipinski definition) is 4. The molecular weight excluding hydrogens is 316 g/mol. The standard InChI is InChI=1S/C15H22N4O3S/c1-11-8-19(9-12(2)22-11)23(20,21)18(3)10-15-16-13-6-4-5-7-14(13)17-15/h4-7,11-12H,8-10H2,1-3H3,(H,16,17)/t11-,12-/m0/s1.